The average Bonchev–Trinajstić information content (AvgIpc) is 0.779. The zero-order valence-corrected chi connectivity index (χ0v) is 68.6. The predicted molar refractivity (Wildman–Crippen MR) is 445 cm³/mol. The fraction of sp³-hybridized carbons (Fsp3) is 0.319. The second-order valence-corrected chi connectivity index (χ2v) is 27.6. The van der Waals surface area contributed by atoms with Crippen LogP contribution in [0.25, 0.3) is 0 Å². The third-order valence-electron chi connectivity index (χ3n) is 18.7. The molecule has 9 aromatic carbocycles. The molecule has 2 amide bonds. The summed E-state index contributed by atoms with van der Waals surface area (Å²) in [7, 11) is 0. The molecule has 0 aromatic heterocycles. The van der Waals surface area contributed by atoms with Crippen LogP contribution in [0, 0.1) is 0 Å². The van der Waals surface area contributed by atoms with E-state index in [1.807, 2.05) is 0 Å². The van der Waals surface area contributed by atoms with Crippen molar-refractivity contribution >= 4 is 59.6 Å². The van der Waals surface area contributed by atoms with Gasteiger partial charge in [-0.25, -0.2) is 38.4 Å². The van der Waals surface area contributed by atoms with Crippen LogP contribution in [-0.2, 0) is 94.9 Å². The molecule has 0 aliphatic carbocycles. The molecule has 0 spiro atoms. The minimum Gasteiger partial charge on any atom is -0.491 e. The smallest absolute Gasteiger partial charge is 0.338 e. The number of hydrogen-bond donors (Lipinski definition) is 2. The number of carbonyl (C=O) groups excluding carboxylic acids is 10. The highest BCUT2D eigenvalue weighted by Gasteiger charge is 2.56. The summed E-state index contributed by atoms with van der Waals surface area (Å²) in [6.45, 7) is 0.0821. The van der Waals surface area contributed by atoms with Crippen LogP contribution in [0.3, 0.4) is 0 Å². The van der Waals surface area contributed by atoms with E-state index in [2.05, 4.69) is 10.6 Å². The van der Waals surface area contributed by atoms with Gasteiger partial charge in [0.1, 0.15) is 63.3 Å². The summed E-state index contributed by atoms with van der Waals surface area (Å²) in [5, 5.41) is 5.38. The van der Waals surface area contributed by atoms with Crippen LogP contribution in [0.15, 0.2) is 267 Å². The Hall–Kier alpha value is -13.1. The van der Waals surface area contributed by atoms with Gasteiger partial charge in [-0.15, -0.1) is 0 Å². The number of carbonyl (C=O) groups is 10. The van der Waals surface area contributed by atoms with E-state index < -0.39 is 134 Å². The fourth-order valence-electron chi connectivity index (χ4n) is 12.4. The standard InChI is InChI=1S/C94H96N2O30/c97-77(95-45-47-115-93-83(125-91(105)71-37-21-7-22-38-71)81(123-89(103)69-33-17-5-18-34-69)79(121-87(101)67-29-13-3-14-30-67)75(119-93)61-117-85(99)65-25-9-1-10-26-65)63-111-55-53-107-49-51-109-57-59-113-73-41-43-74(44-42-73)114-60-58-110-52-50-108-54-56-112-64-78(98)96-46-48-116-94-84(126-92(106)72-39-23-8-24-40-72)82(124-90(104)70-35-19-6-20-36-70)80(122-88(102)68-31-15-4-16-32-68)76(120-94)62-118-86(100)66-27-11-2-12-28-66/h1-44,75-76,79-84,93-94H,45-64H2,(H,95,97)(H,96,98)/t75-,76-,79-,80-,81+,82+,83-,84-,93-,94-/m1/s1. The summed E-state index contributed by atoms with van der Waals surface area (Å²) >= 11 is 0. The van der Waals surface area contributed by atoms with Crippen molar-refractivity contribution in [3.63, 3.8) is 0 Å². The van der Waals surface area contributed by atoms with E-state index in [-0.39, 0.29) is 163 Å². The van der Waals surface area contributed by atoms with Crippen LogP contribution in [0.5, 0.6) is 11.5 Å². The van der Waals surface area contributed by atoms with Crippen molar-refractivity contribution in [1.82, 2.24) is 10.6 Å². The minimum atomic E-state index is -1.64. The third kappa shape index (κ3) is 30.7. The predicted octanol–water partition coefficient (Wildman–Crippen LogP) is 9.33. The summed E-state index contributed by atoms with van der Waals surface area (Å²) in [5.74, 6) is -6.48. The first-order valence-electron chi connectivity index (χ1n) is 40.6. The first-order chi connectivity index (χ1) is 61.7. The first-order valence-corrected chi connectivity index (χ1v) is 40.6. The molecule has 0 unspecified atom stereocenters. The molecule has 0 bridgehead atoms. The second-order valence-electron chi connectivity index (χ2n) is 27.6. The largest absolute Gasteiger partial charge is 0.491 e. The van der Waals surface area contributed by atoms with Gasteiger partial charge in [0.25, 0.3) is 0 Å². The van der Waals surface area contributed by atoms with Gasteiger partial charge in [0, 0.05) is 13.1 Å². The lowest BCUT2D eigenvalue weighted by Gasteiger charge is -2.44. The summed E-state index contributed by atoms with van der Waals surface area (Å²) in [4.78, 5) is 136. The molecule has 2 aliphatic rings. The second kappa shape index (κ2) is 51.8. The van der Waals surface area contributed by atoms with Crippen molar-refractivity contribution < 1.29 is 143 Å². The molecule has 32 nitrogen and oxygen atoms in total. The lowest BCUT2D eigenvalue weighted by Crippen LogP contribution is -2.63. The number of esters is 8. The summed E-state index contributed by atoms with van der Waals surface area (Å²) in [6.07, 6.45) is -15.6. The summed E-state index contributed by atoms with van der Waals surface area (Å²) in [6, 6.07) is 71.0. The van der Waals surface area contributed by atoms with Crippen LogP contribution < -0.4 is 20.1 Å². The molecule has 10 atom stereocenters. The van der Waals surface area contributed by atoms with Crippen LogP contribution in [0.2, 0.25) is 0 Å². The van der Waals surface area contributed by atoms with Crippen molar-refractivity contribution in [3.8, 4) is 11.5 Å². The first kappa shape index (κ1) is 93.6. The van der Waals surface area contributed by atoms with Gasteiger partial charge in [0.05, 0.1) is 124 Å². The maximum Gasteiger partial charge on any atom is 0.338 e. The molecule has 2 heterocycles. The molecule has 11 rings (SSSR count). The third-order valence-corrected chi connectivity index (χ3v) is 18.7. The Labute approximate surface area is 725 Å². The topological polar surface area (TPSA) is 379 Å². The average molecular weight is 1730 g/mol. The Kier molecular flexibility index (Phi) is 38.5. The maximum absolute atomic E-state index is 14.0. The van der Waals surface area contributed by atoms with E-state index in [9.17, 15) is 47.9 Å². The van der Waals surface area contributed by atoms with Gasteiger partial charge in [-0.05, 0) is 121 Å². The summed E-state index contributed by atoms with van der Waals surface area (Å²) < 4.78 is 118. The van der Waals surface area contributed by atoms with Crippen LogP contribution >= 0.6 is 0 Å². The van der Waals surface area contributed by atoms with Crippen LogP contribution in [0.1, 0.15) is 82.9 Å². The normalized spacial score (nSPS) is 18.2. The number of hydrogen-bond acceptors (Lipinski definition) is 30. The Morgan fingerprint density at radius 2 is 0.460 bits per heavy atom. The monoisotopic (exact) mass is 1730 g/mol. The van der Waals surface area contributed by atoms with Gasteiger partial charge in [0.15, 0.2) is 49.2 Å². The number of nitrogens with one attached hydrogen (secondary N) is 2. The zero-order valence-electron chi connectivity index (χ0n) is 68.6. The van der Waals surface area contributed by atoms with Crippen molar-refractivity contribution in [3.05, 3.63) is 311 Å². The molecule has 2 fully saturated rings. The molecular formula is C94H96N2O30. The number of ether oxygens (including phenoxy) is 20. The molecule has 32 heteroatoms. The van der Waals surface area contributed by atoms with E-state index in [1.165, 1.54) is 72.8 Å². The summed E-state index contributed by atoms with van der Waals surface area (Å²) in [5.41, 5.74) is 1.15. The number of amides is 2. The molecule has 2 aliphatic heterocycles. The SMILES string of the molecule is O=C(COCCOCCOCCOc1ccc(OCCOCCOCCOCC(=O)NCCO[C@@H]2O[C@H](COC(=O)c3ccccc3)[C@@H](OC(=O)c3ccccc3)[C@H](OC(=O)c3ccccc3)[C@H]2OC(=O)c2ccccc2)cc1)NCCO[C@@H]1O[C@H](COC(=O)c2ccccc2)[C@@H](OC(=O)c2ccccc2)[C@H](OC(=O)c2ccccc2)[C@H]1OC(=O)c1ccccc1. The lowest BCUT2D eigenvalue weighted by atomic mass is 9.97. The Balaban J connectivity index is 0.537. The molecule has 9 aromatic rings. The number of rotatable bonds is 50. The van der Waals surface area contributed by atoms with Crippen LogP contribution in [0.4, 0.5) is 0 Å². The molecular weight excluding hydrogens is 1640 g/mol. The highest BCUT2D eigenvalue weighted by molar-refractivity contribution is 5.94. The van der Waals surface area contributed by atoms with Crippen molar-refractivity contribution in [2.45, 2.75) is 61.4 Å². The van der Waals surface area contributed by atoms with E-state index in [1.54, 1.807) is 194 Å². The van der Waals surface area contributed by atoms with Crippen molar-refractivity contribution in [2.24, 2.45) is 0 Å². The molecule has 2 saturated heterocycles. The van der Waals surface area contributed by atoms with Gasteiger partial charge in [-0.2, -0.15) is 0 Å². The molecule has 662 valence electrons. The molecule has 2 N–H and O–H groups in total. The lowest BCUT2D eigenvalue weighted by molar-refractivity contribution is -0.297. The van der Waals surface area contributed by atoms with Gasteiger partial charge in [0.2, 0.25) is 11.8 Å². The molecule has 0 radical (unpaired) electrons. The van der Waals surface area contributed by atoms with Crippen molar-refractivity contribution in [2.75, 3.05) is 132 Å². The fourth-order valence-corrected chi connectivity index (χ4v) is 12.4. The molecule has 126 heavy (non-hydrogen) atoms. The Morgan fingerprint density at radius 1 is 0.238 bits per heavy atom. The van der Waals surface area contributed by atoms with E-state index in [0.29, 0.717) is 11.5 Å². The minimum absolute atomic E-state index is 0.0827. The van der Waals surface area contributed by atoms with Crippen LogP contribution in [-0.4, -0.2) is 253 Å². The maximum atomic E-state index is 14.0. The highest BCUT2D eigenvalue weighted by Crippen LogP contribution is 2.35. The zero-order chi connectivity index (χ0) is 88.1. The van der Waals surface area contributed by atoms with Gasteiger partial charge >= 0.3 is 47.8 Å². The van der Waals surface area contributed by atoms with Gasteiger partial charge in [-0.3, -0.25) is 9.59 Å². The Morgan fingerprint density at radius 3 is 0.722 bits per heavy atom. The Bertz CT molecular complexity index is 4520. The van der Waals surface area contributed by atoms with E-state index >= 15 is 0 Å². The van der Waals surface area contributed by atoms with Gasteiger partial charge in [-0.1, -0.05) is 146 Å². The number of benzene rings is 9. The van der Waals surface area contributed by atoms with Gasteiger partial charge < -0.3 is 105 Å². The molecule has 0 saturated carbocycles. The highest BCUT2D eigenvalue weighted by atomic mass is 16.8. The van der Waals surface area contributed by atoms with Crippen molar-refractivity contribution in [1.29, 1.82) is 0 Å². The quantitative estimate of drug-likeness (QED) is 0.0203. The van der Waals surface area contributed by atoms with E-state index in [4.69, 9.17) is 94.7 Å². The van der Waals surface area contributed by atoms with E-state index in [0.717, 1.165) is 0 Å².